The smallest absolute Gasteiger partial charge is 0.262 e. The molecule has 0 atom stereocenters. The van der Waals surface area contributed by atoms with E-state index >= 15 is 0 Å². The van der Waals surface area contributed by atoms with Crippen molar-refractivity contribution in [2.45, 2.75) is 19.8 Å². The number of anilines is 2. The van der Waals surface area contributed by atoms with E-state index in [0.29, 0.717) is 17.0 Å². The maximum absolute atomic E-state index is 12.2. The molecule has 7 nitrogen and oxygen atoms in total. The Balaban J connectivity index is 1.30. The Morgan fingerprint density at radius 3 is 2.41 bits per heavy atom. The molecule has 0 aliphatic carbocycles. The largest absolute Gasteiger partial charge is 0.484 e. The lowest BCUT2D eigenvalue weighted by molar-refractivity contribution is -0.118. The standard InChI is InChI=1S/C25H25N5O2/c1-18-12-14-30(15-13-18)24-11-10-23(28-29-24)20-4-6-21(7-5-20)27-25(31)17-32-22-8-2-19(16-26)3-9-22/h2-11,18H,12-15,17H2,1H3,(H,27,31). The van der Waals surface area contributed by atoms with Gasteiger partial charge in [0, 0.05) is 24.3 Å². The van der Waals surface area contributed by atoms with E-state index in [1.165, 1.54) is 12.8 Å². The van der Waals surface area contributed by atoms with E-state index in [4.69, 9.17) is 10.00 Å². The van der Waals surface area contributed by atoms with Gasteiger partial charge in [-0.3, -0.25) is 4.79 Å². The zero-order valence-corrected chi connectivity index (χ0v) is 18.0. The van der Waals surface area contributed by atoms with Gasteiger partial charge >= 0.3 is 0 Å². The van der Waals surface area contributed by atoms with Crippen LogP contribution in [0.1, 0.15) is 25.3 Å². The number of nitrogens with one attached hydrogen (secondary N) is 1. The van der Waals surface area contributed by atoms with Crippen molar-refractivity contribution in [3.8, 4) is 23.1 Å². The number of benzene rings is 2. The van der Waals surface area contributed by atoms with E-state index < -0.39 is 0 Å². The van der Waals surface area contributed by atoms with Gasteiger partial charge in [0.1, 0.15) is 5.75 Å². The Morgan fingerprint density at radius 2 is 1.78 bits per heavy atom. The molecule has 0 radical (unpaired) electrons. The van der Waals surface area contributed by atoms with Crippen molar-refractivity contribution in [1.29, 1.82) is 5.26 Å². The van der Waals surface area contributed by atoms with Gasteiger partial charge in [0.25, 0.3) is 5.91 Å². The minimum absolute atomic E-state index is 0.115. The summed E-state index contributed by atoms with van der Waals surface area (Å²) >= 11 is 0. The van der Waals surface area contributed by atoms with Crippen LogP contribution in [-0.4, -0.2) is 35.8 Å². The lowest BCUT2D eigenvalue weighted by Gasteiger charge is -2.30. The summed E-state index contributed by atoms with van der Waals surface area (Å²) in [7, 11) is 0. The topological polar surface area (TPSA) is 91.1 Å². The number of ether oxygens (including phenoxy) is 1. The predicted octanol–water partition coefficient (Wildman–Crippen LogP) is 4.27. The number of amides is 1. The van der Waals surface area contributed by atoms with E-state index in [-0.39, 0.29) is 12.5 Å². The number of hydrogen-bond acceptors (Lipinski definition) is 6. The lowest BCUT2D eigenvalue weighted by atomic mass is 9.99. The minimum atomic E-state index is -0.262. The number of aromatic nitrogens is 2. The third kappa shape index (κ3) is 5.41. The van der Waals surface area contributed by atoms with Crippen LogP contribution in [0.5, 0.6) is 5.75 Å². The molecule has 4 rings (SSSR count). The molecule has 1 N–H and O–H groups in total. The number of nitrogens with zero attached hydrogens (tertiary/aromatic N) is 4. The zero-order chi connectivity index (χ0) is 22.3. The number of hydrogen-bond donors (Lipinski definition) is 1. The average molecular weight is 428 g/mol. The van der Waals surface area contributed by atoms with Crippen molar-refractivity contribution in [3.63, 3.8) is 0 Å². The Kier molecular flexibility index (Phi) is 6.61. The van der Waals surface area contributed by atoms with Crippen LogP contribution in [0.2, 0.25) is 0 Å². The van der Waals surface area contributed by atoms with E-state index in [1.54, 1.807) is 24.3 Å². The molecular weight excluding hydrogens is 402 g/mol. The first-order chi connectivity index (χ1) is 15.6. The molecule has 1 amide bonds. The van der Waals surface area contributed by atoms with Gasteiger partial charge in [-0.15, -0.1) is 10.2 Å². The maximum Gasteiger partial charge on any atom is 0.262 e. The second-order valence-electron chi connectivity index (χ2n) is 8.00. The second kappa shape index (κ2) is 9.92. The normalized spacial score (nSPS) is 13.9. The summed E-state index contributed by atoms with van der Waals surface area (Å²) in [6, 6.07) is 20.1. The molecule has 1 saturated heterocycles. The summed E-state index contributed by atoms with van der Waals surface area (Å²) in [5.74, 6) is 1.98. The van der Waals surface area contributed by atoms with Crippen LogP contribution in [0.3, 0.4) is 0 Å². The summed E-state index contributed by atoms with van der Waals surface area (Å²) in [6.07, 6.45) is 2.38. The molecule has 32 heavy (non-hydrogen) atoms. The molecule has 1 aliphatic rings. The predicted molar refractivity (Wildman–Crippen MR) is 123 cm³/mol. The first-order valence-electron chi connectivity index (χ1n) is 10.7. The van der Waals surface area contributed by atoms with Crippen LogP contribution in [0.25, 0.3) is 11.3 Å². The monoisotopic (exact) mass is 427 g/mol. The highest BCUT2D eigenvalue weighted by atomic mass is 16.5. The SMILES string of the molecule is CC1CCN(c2ccc(-c3ccc(NC(=O)COc4ccc(C#N)cc4)cc3)nn2)CC1. The van der Waals surface area contributed by atoms with Crippen LogP contribution in [0.4, 0.5) is 11.5 Å². The van der Waals surface area contributed by atoms with Gasteiger partial charge in [-0.25, -0.2) is 0 Å². The van der Waals surface area contributed by atoms with Crippen molar-refractivity contribution < 1.29 is 9.53 Å². The fraction of sp³-hybridized carbons (Fsp3) is 0.280. The lowest BCUT2D eigenvalue weighted by Crippen LogP contribution is -2.33. The third-order valence-electron chi connectivity index (χ3n) is 5.58. The molecule has 0 bridgehead atoms. The van der Waals surface area contributed by atoms with Gasteiger partial charge in [0.05, 0.1) is 17.3 Å². The van der Waals surface area contributed by atoms with E-state index in [2.05, 4.69) is 27.3 Å². The van der Waals surface area contributed by atoms with Gasteiger partial charge < -0.3 is 15.0 Å². The van der Waals surface area contributed by atoms with Crippen molar-refractivity contribution in [3.05, 3.63) is 66.2 Å². The average Bonchev–Trinajstić information content (AvgIpc) is 2.84. The molecule has 1 fully saturated rings. The Labute approximate surface area is 187 Å². The fourth-order valence-electron chi connectivity index (χ4n) is 3.58. The summed E-state index contributed by atoms with van der Waals surface area (Å²) in [5, 5.41) is 20.4. The quantitative estimate of drug-likeness (QED) is 0.632. The van der Waals surface area contributed by atoms with Crippen LogP contribution < -0.4 is 15.0 Å². The molecule has 0 unspecified atom stereocenters. The van der Waals surface area contributed by atoms with Gasteiger partial charge in [-0.1, -0.05) is 19.1 Å². The molecule has 7 heteroatoms. The molecule has 1 aromatic heterocycles. The number of carbonyl (C=O) groups is 1. The van der Waals surface area contributed by atoms with Crippen LogP contribution in [0.15, 0.2) is 60.7 Å². The number of piperidine rings is 1. The number of nitriles is 1. The highest BCUT2D eigenvalue weighted by molar-refractivity contribution is 5.92. The molecule has 3 aromatic rings. The number of carbonyl (C=O) groups excluding carboxylic acids is 1. The summed E-state index contributed by atoms with van der Waals surface area (Å²) < 4.78 is 5.46. The van der Waals surface area contributed by atoms with Crippen LogP contribution >= 0.6 is 0 Å². The Hall–Kier alpha value is -3.92. The first kappa shape index (κ1) is 21.3. The van der Waals surface area contributed by atoms with Crippen molar-refractivity contribution in [1.82, 2.24) is 10.2 Å². The van der Waals surface area contributed by atoms with Crippen molar-refractivity contribution >= 4 is 17.4 Å². The van der Waals surface area contributed by atoms with Crippen molar-refractivity contribution in [2.75, 3.05) is 29.9 Å². The maximum atomic E-state index is 12.2. The van der Waals surface area contributed by atoms with Crippen molar-refractivity contribution in [2.24, 2.45) is 5.92 Å². The number of rotatable bonds is 6. The Morgan fingerprint density at radius 1 is 1.06 bits per heavy atom. The third-order valence-corrected chi connectivity index (χ3v) is 5.58. The molecule has 2 heterocycles. The summed E-state index contributed by atoms with van der Waals surface area (Å²) in [6.45, 7) is 4.23. The zero-order valence-electron chi connectivity index (χ0n) is 18.0. The Bertz CT molecular complexity index is 1080. The summed E-state index contributed by atoms with van der Waals surface area (Å²) in [5.41, 5.74) is 2.95. The van der Waals surface area contributed by atoms with E-state index in [9.17, 15) is 4.79 Å². The van der Waals surface area contributed by atoms with Gasteiger partial charge in [-0.2, -0.15) is 5.26 Å². The first-order valence-corrected chi connectivity index (χ1v) is 10.7. The fourth-order valence-corrected chi connectivity index (χ4v) is 3.58. The molecule has 162 valence electrons. The second-order valence-corrected chi connectivity index (χ2v) is 8.00. The summed E-state index contributed by atoms with van der Waals surface area (Å²) in [4.78, 5) is 14.4. The molecule has 1 aliphatic heterocycles. The van der Waals surface area contributed by atoms with Gasteiger partial charge in [0.15, 0.2) is 12.4 Å². The van der Waals surface area contributed by atoms with Crippen LogP contribution in [-0.2, 0) is 4.79 Å². The van der Waals surface area contributed by atoms with Gasteiger partial charge in [0.2, 0.25) is 0 Å². The van der Waals surface area contributed by atoms with Crippen LogP contribution in [0, 0.1) is 17.2 Å². The van der Waals surface area contributed by atoms with E-state index in [0.717, 1.165) is 36.1 Å². The molecule has 2 aromatic carbocycles. The minimum Gasteiger partial charge on any atom is -0.484 e. The highest BCUT2D eigenvalue weighted by Gasteiger charge is 2.17. The van der Waals surface area contributed by atoms with Gasteiger partial charge in [-0.05, 0) is 67.3 Å². The van der Waals surface area contributed by atoms with E-state index in [1.807, 2.05) is 42.5 Å². The molecule has 0 saturated carbocycles. The molecule has 0 spiro atoms. The molecular formula is C25H25N5O2. The highest BCUT2D eigenvalue weighted by Crippen LogP contribution is 2.24.